The van der Waals surface area contributed by atoms with E-state index in [1.165, 1.54) is 18.6 Å². The van der Waals surface area contributed by atoms with Gasteiger partial charge in [0, 0.05) is 11.9 Å². The summed E-state index contributed by atoms with van der Waals surface area (Å²) in [5.74, 6) is -0.525. The minimum absolute atomic E-state index is 0.0390. The van der Waals surface area contributed by atoms with Gasteiger partial charge in [-0.25, -0.2) is 14.4 Å². The fourth-order valence-electron chi connectivity index (χ4n) is 2.30. The molecule has 0 unspecified atom stereocenters. The molecule has 5 nitrogen and oxygen atoms in total. The number of amides is 1. The zero-order chi connectivity index (χ0) is 15.7. The van der Waals surface area contributed by atoms with Crippen LogP contribution < -0.4 is 5.32 Å². The van der Waals surface area contributed by atoms with Gasteiger partial charge < -0.3 is 10.3 Å². The largest absolute Gasteiger partial charge is 0.343 e. The van der Waals surface area contributed by atoms with E-state index in [0.29, 0.717) is 28.0 Å². The van der Waals surface area contributed by atoms with E-state index in [1.807, 2.05) is 13.8 Å². The molecule has 0 aliphatic carbocycles. The Hall–Kier alpha value is -2.76. The fraction of sp³-hybridized carbons (Fsp3) is 0.188. The molecular formula is C16H15FN4O. The first kappa shape index (κ1) is 14.2. The molecule has 2 aromatic heterocycles. The normalized spacial score (nSPS) is 11.1. The van der Waals surface area contributed by atoms with Gasteiger partial charge in [0.05, 0.1) is 17.4 Å². The number of imidazole rings is 1. The number of nitrogens with one attached hydrogen (secondary N) is 2. The van der Waals surface area contributed by atoms with E-state index >= 15 is 0 Å². The lowest BCUT2D eigenvalue weighted by Gasteiger charge is -2.11. The highest BCUT2D eigenvalue weighted by atomic mass is 19.1. The van der Waals surface area contributed by atoms with Crippen molar-refractivity contribution >= 4 is 22.8 Å². The second kappa shape index (κ2) is 5.55. The van der Waals surface area contributed by atoms with E-state index in [-0.39, 0.29) is 17.6 Å². The van der Waals surface area contributed by atoms with Crippen LogP contribution in [0.15, 0.2) is 36.8 Å². The van der Waals surface area contributed by atoms with Crippen molar-refractivity contribution in [3.05, 3.63) is 53.7 Å². The van der Waals surface area contributed by atoms with Gasteiger partial charge in [-0.15, -0.1) is 0 Å². The summed E-state index contributed by atoms with van der Waals surface area (Å²) in [5.41, 5.74) is 2.62. The molecule has 22 heavy (non-hydrogen) atoms. The molecule has 0 bridgehead atoms. The number of aromatic nitrogens is 3. The van der Waals surface area contributed by atoms with Crippen molar-refractivity contribution in [2.45, 2.75) is 19.8 Å². The Labute approximate surface area is 126 Å². The molecule has 0 saturated heterocycles. The first-order chi connectivity index (χ1) is 10.6. The number of carbonyl (C=O) groups excluding carboxylic acids is 1. The third kappa shape index (κ3) is 2.55. The molecule has 1 amide bonds. The molecule has 0 aliphatic rings. The molecule has 6 heteroatoms. The number of aromatic amines is 1. The van der Waals surface area contributed by atoms with E-state index in [9.17, 15) is 9.18 Å². The number of halogens is 1. The van der Waals surface area contributed by atoms with Crippen LogP contribution in [0.5, 0.6) is 0 Å². The summed E-state index contributed by atoms with van der Waals surface area (Å²) < 4.78 is 13.7. The molecule has 3 rings (SSSR count). The Morgan fingerprint density at radius 3 is 2.86 bits per heavy atom. The van der Waals surface area contributed by atoms with Gasteiger partial charge in [-0.05, 0) is 35.7 Å². The standard InChI is InChI=1S/C16H15FN4O/c1-9(2)12-7-10(3-4-13(12)17)21-16(22)11-5-6-18-15-14(11)19-8-20-15/h3-9H,1-2H3,(H,21,22)(H,18,19,20). The molecule has 0 fully saturated rings. The maximum absolute atomic E-state index is 13.7. The van der Waals surface area contributed by atoms with Crippen LogP contribution in [0.4, 0.5) is 10.1 Å². The van der Waals surface area contributed by atoms with Crippen molar-refractivity contribution in [3.8, 4) is 0 Å². The van der Waals surface area contributed by atoms with Gasteiger partial charge in [0.1, 0.15) is 5.82 Å². The van der Waals surface area contributed by atoms with Crippen LogP contribution in [-0.4, -0.2) is 20.9 Å². The summed E-state index contributed by atoms with van der Waals surface area (Å²) in [7, 11) is 0. The second-order valence-electron chi connectivity index (χ2n) is 5.30. The Morgan fingerprint density at radius 1 is 1.27 bits per heavy atom. The van der Waals surface area contributed by atoms with Crippen molar-refractivity contribution in [1.82, 2.24) is 15.0 Å². The number of benzene rings is 1. The van der Waals surface area contributed by atoms with E-state index in [0.717, 1.165) is 0 Å². The highest BCUT2D eigenvalue weighted by Crippen LogP contribution is 2.23. The van der Waals surface area contributed by atoms with Gasteiger partial charge in [-0.3, -0.25) is 4.79 Å². The van der Waals surface area contributed by atoms with Gasteiger partial charge in [0.2, 0.25) is 0 Å². The fourth-order valence-corrected chi connectivity index (χ4v) is 2.30. The number of hydrogen-bond acceptors (Lipinski definition) is 3. The Morgan fingerprint density at radius 2 is 2.09 bits per heavy atom. The number of carbonyl (C=O) groups is 1. The topological polar surface area (TPSA) is 70.7 Å². The molecule has 2 N–H and O–H groups in total. The molecule has 3 aromatic rings. The summed E-state index contributed by atoms with van der Waals surface area (Å²) in [5, 5.41) is 2.78. The van der Waals surface area contributed by atoms with Gasteiger partial charge in [0.15, 0.2) is 5.65 Å². The van der Waals surface area contributed by atoms with Gasteiger partial charge in [0.25, 0.3) is 5.91 Å². The number of anilines is 1. The van der Waals surface area contributed by atoms with E-state index < -0.39 is 0 Å². The van der Waals surface area contributed by atoms with E-state index in [2.05, 4.69) is 20.3 Å². The number of nitrogens with zero attached hydrogens (tertiary/aromatic N) is 2. The minimum Gasteiger partial charge on any atom is -0.343 e. The third-order valence-corrected chi connectivity index (χ3v) is 3.45. The van der Waals surface area contributed by atoms with Crippen molar-refractivity contribution in [2.24, 2.45) is 0 Å². The lowest BCUT2D eigenvalue weighted by molar-refractivity contribution is 0.102. The monoisotopic (exact) mass is 298 g/mol. The molecule has 0 atom stereocenters. The Bertz CT molecular complexity index is 841. The molecule has 1 aromatic carbocycles. The lowest BCUT2D eigenvalue weighted by Crippen LogP contribution is -2.13. The van der Waals surface area contributed by atoms with E-state index in [1.54, 1.807) is 18.2 Å². The number of pyridine rings is 1. The van der Waals surface area contributed by atoms with Gasteiger partial charge in [-0.1, -0.05) is 13.8 Å². The Balaban J connectivity index is 1.91. The SMILES string of the molecule is CC(C)c1cc(NC(=O)c2ccnc3nc[nH]c23)ccc1F. The van der Waals surface area contributed by atoms with Crippen LogP contribution >= 0.6 is 0 Å². The van der Waals surface area contributed by atoms with Gasteiger partial charge >= 0.3 is 0 Å². The second-order valence-corrected chi connectivity index (χ2v) is 5.30. The zero-order valence-electron chi connectivity index (χ0n) is 12.2. The molecule has 0 saturated carbocycles. The first-order valence-corrected chi connectivity index (χ1v) is 6.95. The van der Waals surface area contributed by atoms with E-state index in [4.69, 9.17) is 0 Å². The van der Waals surface area contributed by atoms with Crippen molar-refractivity contribution in [2.75, 3.05) is 5.32 Å². The summed E-state index contributed by atoms with van der Waals surface area (Å²) in [4.78, 5) is 23.4. The number of rotatable bonds is 3. The number of hydrogen-bond donors (Lipinski definition) is 2. The zero-order valence-corrected chi connectivity index (χ0v) is 12.2. The van der Waals surface area contributed by atoms with Crippen LogP contribution in [0.25, 0.3) is 11.2 Å². The minimum atomic E-state index is -0.294. The number of fused-ring (bicyclic) bond motifs is 1. The van der Waals surface area contributed by atoms with Gasteiger partial charge in [-0.2, -0.15) is 0 Å². The highest BCUT2D eigenvalue weighted by molar-refractivity contribution is 6.10. The van der Waals surface area contributed by atoms with Crippen molar-refractivity contribution < 1.29 is 9.18 Å². The molecule has 0 aliphatic heterocycles. The van der Waals surface area contributed by atoms with Crippen molar-refractivity contribution in [1.29, 1.82) is 0 Å². The smallest absolute Gasteiger partial charge is 0.257 e. The highest BCUT2D eigenvalue weighted by Gasteiger charge is 2.14. The van der Waals surface area contributed by atoms with Crippen LogP contribution in [-0.2, 0) is 0 Å². The van der Waals surface area contributed by atoms with Crippen LogP contribution in [0.2, 0.25) is 0 Å². The summed E-state index contributed by atoms with van der Waals surface area (Å²) >= 11 is 0. The number of H-pyrrole nitrogens is 1. The summed E-state index contributed by atoms with van der Waals surface area (Å²) in [6, 6.07) is 6.18. The molecule has 2 heterocycles. The van der Waals surface area contributed by atoms with Crippen LogP contribution in [0.3, 0.4) is 0 Å². The predicted molar refractivity (Wildman–Crippen MR) is 82.3 cm³/mol. The maximum Gasteiger partial charge on any atom is 0.257 e. The quantitative estimate of drug-likeness (QED) is 0.777. The maximum atomic E-state index is 13.7. The average Bonchev–Trinajstić information content (AvgIpc) is 2.97. The third-order valence-electron chi connectivity index (χ3n) is 3.45. The van der Waals surface area contributed by atoms with Crippen LogP contribution in [0, 0.1) is 5.82 Å². The predicted octanol–water partition coefficient (Wildman–Crippen LogP) is 3.47. The van der Waals surface area contributed by atoms with Crippen molar-refractivity contribution in [3.63, 3.8) is 0 Å². The summed E-state index contributed by atoms with van der Waals surface area (Å²) in [6.07, 6.45) is 3.02. The Kier molecular flexibility index (Phi) is 3.58. The van der Waals surface area contributed by atoms with Crippen LogP contribution in [0.1, 0.15) is 35.7 Å². The lowest BCUT2D eigenvalue weighted by atomic mass is 10.0. The first-order valence-electron chi connectivity index (χ1n) is 6.95. The molecule has 0 spiro atoms. The summed E-state index contributed by atoms with van der Waals surface area (Å²) in [6.45, 7) is 3.81. The molecule has 0 radical (unpaired) electrons. The average molecular weight is 298 g/mol. The molecular weight excluding hydrogens is 283 g/mol. The molecule has 112 valence electrons.